The highest BCUT2D eigenvalue weighted by Crippen LogP contribution is 2.27. The van der Waals surface area contributed by atoms with Gasteiger partial charge in [-0.1, -0.05) is 24.8 Å². The number of pyridine rings is 1. The number of fused-ring (bicyclic) bond motifs is 3. The summed E-state index contributed by atoms with van der Waals surface area (Å²) in [6, 6.07) is 8.53. The molecule has 3 rings (SSSR count). The minimum Gasteiger partial charge on any atom is -0.343 e. The maximum Gasteiger partial charge on any atom is 0.0519 e. The molecule has 0 fully saturated rings. The van der Waals surface area contributed by atoms with Gasteiger partial charge in [-0.15, -0.1) is 0 Å². The number of nitrogens with zero attached hydrogens (tertiary/aromatic N) is 2. The van der Waals surface area contributed by atoms with Crippen molar-refractivity contribution in [1.82, 2.24) is 14.9 Å². The minimum absolute atomic E-state index is 0.454. The molecule has 1 unspecified atom stereocenters. The summed E-state index contributed by atoms with van der Waals surface area (Å²) in [5.41, 5.74) is 3.50. The molecule has 3 heteroatoms. The van der Waals surface area contributed by atoms with E-state index in [0.717, 1.165) is 24.9 Å². The van der Waals surface area contributed by atoms with Crippen LogP contribution in [0.5, 0.6) is 0 Å². The summed E-state index contributed by atoms with van der Waals surface area (Å²) in [5.74, 6) is 7.24. The number of hydrogen-bond acceptors (Lipinski definition) is 2. The molecule has 0 bridgehead atoms. The van der Waals surface area contributed by atoms with Gasteiger partial charge in [0.1, 0.15) is 0 Å². The van der Waals surface area contributed by atoms with Crippen molar-refractivity contribution >= 4 is 21.8 Å². The van der Waals surface area contributed by atoms with E-state index in [1.165, 1.54) is 21.8 Å². The molecule has 0 amide bonds. The van der Waals surface area contributed by atoms with Crippen LogP contribution < -0.4 is 5.32 Å². The Labute approximate surface area is 137 Å². The van der Waals surface area contributed by atoms with Crippen LogP contribution in [0.15, 0.2) is 36.7 Å². The molecule has 3 aromatic rings. The van der Waals surface area contributed by atoms with E-state index in [2.05, 4.69) is 64.9 Å². The Morgan fingerprint density at radius 3 is 2.87 bits per heavy atom. The van der Waals surface area contributed by atoms with Crippen LogP contribution in [0, 0.1) is 17.8 Å². The SMILES string of the molecule is CCC(C#Cc1ccc2c3cnccc3n(C)c2c1)CCNC. The lowest BCUT2D eigenvalue weighted by Gasteiger charge is -2.06. The van der Waals surface area contributed by atoms with Crippen LogP contribution >= 0.6 is 0 Å². The molecule has 0 radical (unpaired) electrons. The first-order chi connectivity index (χ1) is 11.2. The summed E-state index contributed by atoms with van der Waals surface area (Å²) in [6.07, 6.45) is 5.97. The van der Waals surface area contributed by atoms with E-state index >= 15 is 0 Å². The van der Waals surface area contributed by atoms with Crippen molar-refractivity contribution in [2.75, 3.05) is 13.6 Å². The number of rotatable bonds is 4. The molecule has 1 N–H and O–H groups in total. The van der Waals surface area contributed by atoms with Gasteiger partial charge in [-0.05, 0) is 44.6 Å². The predicted octanol–water partition coefficient (Wildman–Crippen LogP) is 3.71. The lowest BCUT2D eigenvalue weighted by molar-refractivity contribution is 0.568. The molecule has 2 heterocycles. The van der Waals surface area contributed by atoms with Gasteiger partial charge in [-0.25, -0.2) is 0 Å². The number of aromatic nitrogens is 2. The van der Waals surface area contributed by atoms with Gasteiger partial charge < -0.3 is 9.88 Å². The Kier molecular flexibility index (Phi) is 4.64. The van der Waals surface area contributed by atoms with E-state index in [1.807, 2.05) is 19.4 Å². The highest BCUT2D eigenvalue weighted by atomic mass is 14.9. The second-order valence-electron chi connectivity index (χ2n) is 5.95. The van der Waals surface area contributed by atoms with E-state index in [0.29, 0.717) is 5.92 Å². The van der Waals surface area contributed by atoms with Crippen LogP contribution in [0.3, 0.4) is 0 Å². The van der Waals surface area contributed by atoms with Crippen molar-refractivity contribution in [1.29, 1.82) is 0 Å². The van der Waals surface area contributed by atoms with Gasteiger partial charge in [0.25, 0.3) is 0 Å². The molecular weight excluding hydrogens is 282 g/mol. The summed E-state index contributed by atoms with van der Waals surface area (Å²) in [6.45, 7) is 3.22. The summed E-state index contributed by atoms with van der Waals surface area (Å²) in [7, 11) is 4.09. The van der Waals surface area contributed by atoms with E-state index in [4.69, 9.17) is 0 Å². The first-order valence-corrected chi connectivity index (χ1v) is 8.23. The van der Waals surface area contributed by atoms with E-state index in [-0.39, 0.29) is 0 Å². The number of hydrogen-bond donors (Lipinski definition) is 1. The summed E-state index contributed by atoms with van der Waals surface area (Å²) in [5, 5.41) is 5.64. The van der Waals surface area contributed by atoms with Crippen molar-refractivity contribution in [3.8, 4) is 11.8 Å². The van der Waals surface area contributed by atoms with E-state index in [1.54, 1.807) is 0 Å². The zero-order valence-corrected chi connectivity index (χ0v) is 14.1. The van der Waals surface area contributed by atoms with Crippen LogP contribution in [0.4, 0.5) is 0 Å². The molecule has 0 saturated heterocycles. The second kappa shape index (κ2) is 6.85. The van der Waals surface area contributed by atoms with Crippen molar-refractivity contribution in [3.63, 3.8) is 0 Å². The predicted molar refractivity (Wildman–Crippen MR) is 97.4 cm³/mol. The Bertz CT molecular complexity index is 880. The summed E-state index contributed by atoms with van der Waals surface area (Å²) >= 11 is 0. The van der Waals surface area contributed by atoms with E-state index < -0.39 is 0 Å². The van der Waals surface area contributed by atoms with Crippen molar-refractivity contribution in [3.05, 3.63) is 42.2 Å². The van der Waals surface area contributed by atoms with Gasteiger partial charge in [0.05, 0.1) is 11.0 Å². The van der Waals surface area contributed by atoms with Crippen LogP contribution in [-0.2, 0) is 7.05 Å². The molecule has 0 saturated carbocycles. The summed E-state index contributed by atoms with van der Waals surface area (Å²) < 4.78 is 2.22. The Hall–Kier alpha value is -2.31. The first kappa shape index (κ1) is 15.6. The zero-order chi connectivity index (χ0) is 16.2. The average molecular weight is 305 g/mol. The number of benzene rings is 1. The monoisotopic (exact) mass is 305 g/mol. The third-order valence-corrected chi connectivity index (χ3v) is 4.46. The largest absolute Gasteiger partial charge is 0.343 e. The molecule has 1 atom stereocenters. The van der Waals surface area contributed by atoms with Crippen molar-refractivity contribution in [2.45, 2.75) is 19.8 Å². The third kappa shape index (κ3) is 3.09. The first-order valence-electron chi connectivity index (χ1n) is 8.23. The van der Waals surface area contributed by atoms with Gasteiger partial charge in [-0.3, -0.25) is 4.98 Å². The molecule has 0 spiro atoms. The minimum atomic E-state index is 0.454. The fraction of sp³-hybridized carbons (Fsp3) is 0.350. The fourth-order valence-corrected chi connectivity index (χ4v) is 3.01. The molecule has 2 aromatic heterocycles. The molecule has 0 aliphatic rings. The number of aryl methyl sites for hydroxylation is 1. The Morgan fingerprint density at radius 2 is 2.09 bits per heavy atom. The van der Waals surface area contributed by atoms with Gasteiger partial charge in [0, 0.05) is 41.7 Å². The van der Waals surface area contributed by atoms with E-state index in [9.17, 15) is 0 Å². The molecule has 0 aliphatic heterocycles. The van der Waals surface area contributed by atoms with Crippen molar-refractivity contribution in [2.24, 2.45) is 13.0 Å². The Morgan fingerprint density at radius 1 is 1.22 bits per heavy atom. The van der Waals surface area contributed by atoms with Crippen LogP contribution in [0.2, 0.25) is 0 Å². The molecule has 0 aliphatic carbocycles. The van der Waals surface area contributed by atoms with Crippen LogP contribution in [0.1, 0.15) is 25.3 Å². The normalized spacial score (nSPS) is 12.3. The average Bonchev–Trinajstić information content (AvgIpc) is 2.88. The topological polar surface area (TPSA) is 29.9 Å². The molecular formula is C20H23N3. The highest BCUT2D eigenvalue weighted by molar-refractivity contribution is 6.07. The van der Waals surface area contributed by atoms with Crippen LogP contribution in [-0.4, -0.2) is 23.1 Å². The lowest BCUT2D eigenvalue weighted by atomic mass is 10.0. The highest BCUT2D eigenvalue weighted by Gasteiger charge is 2.08. The van der Waals surface area contributed by atoms with Gasteiger partial charge in [0.15, 0.2) is 0 Å². The van der Waals surface area contributed by atoms with Crippen LogP contribution in [0.25, 0.3) is 21.8 Å². The van der Waals surface area contributed by atoms with Gasteiger partial charge in [-0.2, -0.15) is 0 Å². The maximum absolute atomic E-state index is 4.25. The van der Waals surface area contributed by atoms with Gasteiger partial charge in [0.2, 0.25) is 0 Å². The smallest absolute Gasteiger partial charge is 0.0519 e. The number of nitrogens with one attached hydrogen (secondary N) is 1. The molecule has 118 valence electrons. The molecule has 23 heavy (non-hydrogen) atoms. The lowest BCUT2D eigenvalue weighted by Crippen LogP contribution is -2.11. The second-order valence-corrected chi connectivity index (χ2v) is 5.95. The molecule has 1 aromatic carbocycles. The van der Waals surface area contributed by atoms with Gasteiger partial charge >= 0.3 is 0 Å². The Balaban J connectivity index is 1.98. The zero-order valence-electron chi connectivity index (χ0n) is 14.1. The maximum atomic E-state index is 4.25. The fourth-order valence-electron chi connectivity index (χ4n) is 3.01. The van der Waals surface area contributed by atoms with Crippen molar-refractivity contribution < 1.29 is 0 Å². The molecule has 3 nitrogen and oxygen atoms in total. The quantitative estimate of drug-likeness (QED) is 0.745. The summed E-state index contributed by atoms with van der Waals surface area (Å²) in [4.78, 5) is 4.25. The standard InChI is InChI=1S/C20H23N3/c1-4-15(9-11-21-2)5-6-16-7-8-17-18-14-22-12-10-19(18)23(3)20(17)13-16/h7-8,10,12-15,21H,4,9,11H2,1-3H3. The third-order valence-electron chi connectivity index (χ3n) is 4.46.